The molecule has 1 aromatic carbocycles. The van der Waals surface area contributed by atoms with E-state index in [0.29, 0.717) is 0 Å². The zero-order chi connectivity index (χ0) is 11.5. The summed E-state index contributed by atoms with van der Waals surface area (Å²) in [5.74, 6) is 0. The van der Waals surface area contributed by atoms with Gasteiger partial charge in [0.25, 0.3) is 0 Å². The third-order valence-electron chi connectivity index (χ3n) is 2.94. The van der Waals surface area contributed by atoms with E-state index in [0.717, 1.165) is 0 Å². The van der Waals surface area contributed by atoms with Gasteiger partial charge in [-0.3, -0.25) is 0 Å². The van der Waals surface area contributed by atoms with Gasteiger partial charge in [0.05, 0.1) is 24.3 Å². The highest BCUT2D eigenvalue weighted by Gasteiger charge is 2.16. The van der Waals surface area contributed by atoms with Crippen LogP contribution in [-0.2, 0) is 7.05 Å². The van der Waals surface area contributed by atoms with Crippen LogP contribution in [0.4, 0.5) is 0 Å². The van der Waals surface area contributed by atoms with Gasteiger partial charge in [-0.2, -0.15) is 0 Å². The van der Waals surface area contributed by atoms with Crippen molar-refractivity contribution in [2.24, 2.45) is 7.05 Å². The smallest absolute Gasteiger partial charge is 0.0946 e. The maximum atomic E-state index is 4.17. The fourth-order valence-corrected chi connectivity index (χ4v) is 2.02. The molecule has 0 saturated heterocycles. The lowest BCUT2D eigenvalue weighted by Crippen LogP contribution is -2.20. The van der Waals surface area contributed by atoms with E-state index in [1.54, 1.807) is 0 Å². The van der Waals surface area contributed by atoms with Gasteiger partial charge < -0.3 is 9.88 Å². The predicted octanol–water partition coefficient (Wildman–Crippen LogP) is 2.04. The van der Waals surface area contributed by atoms with Crippen molar-refractivity contribution in [2.75, 3.05) is 7.05 Å². The van der Waals surface area contributed by atoms with Gasteiger partial charge in [0.15, 0.2) is 0 Å². The lowest BCUT2D eigenvalue weighted by Gasteiger charge is -2.19. The van der Waals surface area contributed by atoms with Gasteiger partial charge >= 0.3 is 0 Å². The van der Waals surface area contributed by atoms with Crippen LogP contribution in [0.1, 0.15) is 22.9 Å². The minimum atomic E-state index is 0.202. The largest absolute Gasteiger partial charge is 0.336 e. The van der Waals surface area contributed by atoms with E-state index in [1.807, 2.05) is 31.2 Å². The maximum absolute atomic E-state index is 4.17. The topological polar surface area (TPSA) is 29.9 Å². The molecule has 0 fully saturated rings. The van der Waals surface area contributed by atoms with Gasteiger partial charge in [0.1, 0.15) is 0 Å². The van der Waals surface area contributed by atoms with Crippen molar-refractivity contribution in [1.82, 2.24) is 14.9 Å². The number of nitrogens with zero attached hydrogens (tertiary/aromatic N) is 2. The van der Waals surface area contributed by atoms with Crippen molar-refractivity contribution in [1.29, 1.82) is 0 Å². The molecule has 16 heavy (non-hydrogen) atoms. The average Bonchev–Trinajstić information content (AvgIpc) is 2.69. The van der Waals surface area contributed by atoms with E-state index in [9.17, 15) is 0 Å². The lowest BCUT2D eigenvalue weighted by atomic mass is 9.99. The molecule has 0 aliphatic carbocycles. The molecule has 0 spiro atoms. The van der Waals surface area contributed by atoms with Gasteiger partial charge in [-0.1, -0.05) is 24.3 Å². The third-order valence-corrected chi connectivity index (χ3v) is 2.94. The molecule has 84 valence electrons. The molecule has 0 aliphatic heterocycles. The Morgan fingerprint density at radius 1 is 1.31 bits per heavy atom. The molecule has 2 rings (SSSR count). The summed E-state index contributed by atoms with van der Waals surface area (Å²) < 4.78 is 2.05. The Morgan fingerprint density at radius 2 is 2.06 bits per heavy atom. The average molecular weight is 215 g/mol. The van der Waals surface area contributed by atoms with Gasteiger partial charge in [-0.25, -0.2) is 4.98 Å². The number of benzene rings is 1. The first-order valence-corrected chi connectivity index (χ1v) is 5.43. The molecular formula is C13H17N3. The maximum Gasteiger partial charge on any atom is 0.0946 e. The summed E-state index contributed by atoms with van der Waals surface area (Å²) in [5.41, 5.74) is 3.77. The quantitative estimate of drug-likeness (QED) is 0.849. The Bertz CT molecular complexity index is 474. The Balaban J connectivity index is 2.45. The second kappa shape index (κ2) is 4.49. The standard InChI is InChI=1S/C13H17N3/c1-10-6-4-5-7-11(10)13(14-2)12-8-15-9-16(12)3/h4-9,13-14H,1-3H3. The van der Waals surface area contributed by atoms with Crippen LogP contribution in [0.5, 0.6) is 0 Å². The summed E-state index contributed by atoms with van der Waals surface area (Å²) in [6.07, 6.45) is 3.74. The summed E-state index contributed by atoms with van der Waals surface area (Å²) in [5, 5.41) is 3.34. The Labute approximate surface area is 96.1 Å². The minimum absolute atomic E-state index is 0.202. The summed E-state index contributed by atoms with van der Waals surface area (Å²) in [6, 6.07) is 8.63. The third kappa shape index (κ3) is 1.86. The summed E-state index contributed by atoms with van der Waals surface area (Å²) in [6.45, 7) is 2.13. The molecule has 1 aromatic heterocycles. The number of nitrogens with one attached hydrogen (secondary N) is 1. The van der Waals surface area contributed by atoms with Crippen molar-refractivity contribution >= 4 is 0 Å². The summed E-state index contributed by atoms with van der Waals surface area (Å²) in [7, 11) is 4.00. The Morgan fingerprint density at radius 3 is 2.62 bits per heavy atom. The number of hydrogen-bond donors (Lipinski definition) is 1. The summed E-state index contributed by atoms with van der Waals surface area (Å²) >= 11 is 0. The van der Waals surface area contributed by atoms with E-state index < -0.39 is 0 Å². The number of hydrogen-bond acceptors (Lipinski definition) is 2. The monoisotopic (exact) mass is 215 g/mol. The molecule has 1 unspecified atom stereocenters. The van der Waals surface area contributed by atoms with Crippen LogP contribution in [-0.4, -0.2) is 16.6 Å². The van der Waals surface area contributed by atoms with Crippen molar-refractivity contribution in [3.8, 4) is 0 Å². The SMILES string of the molecule is CNC(c1ccccc1C)c1cncn1C. The molecule has 3 heteroatoms. The first-order valence-electron chi connectivity index (χ1n) is 5.43. The highest BCUT2D eigenvalue weighted by Crippen LogP contribution is 2.23. The van der Waals surface area contributed by atoms with Crippen LogP contribution in [0.2, 0.25) is 0 Å². The molecule has 3 nitrogen and oxygen atoms in total. The van der Waals surface area contributed by atoms with E-state index in [4.69, 9.17) is 0 Å². The first-order chi connectivity index (χ1) is 7.74. The van der Waals surface area contributed by atoms with Crippen LogP contribution in [0.15, 0.2) is 36.8 Å². The molecular weight excluding hydrogens is 198 g/mol. The van der Waals surface area contributed by atoms with Crippen molar-refractivity contribution < 1.29 is 0 Å². The normalized spacial score (nSPS) is 12.7. The number of aryl methyl sites for hydroxylation is 2. The molecule has 1 atom stereocenters. The molecule has 0 saturated carbocycles. The van der Waals surface area contributed by atoms with Gasteiger partial charge in [0.2, 0.25) is 0 Å². The van der Waals surface area contributed by atoms with Crippen LogP contribution in [0.25, 0.3) is 0 Å². The molecule has 0 bridgehead atoms. The number of aromatic nitrogens is 2. The highest BCUT2D eigenvalue weighted by atomic mass is 15.1. The van der Waals surface area contributed by atoms with E-state index in [-0.39, 0.29) is 6.04 Å². The zero-order valence-corrected chi connectivity index (χ0v) is 9.94. The summed E-state index contributed by atoms with van der Waals surface area (Å²) in [4.78, 5) is 4.17. The van der Waals surface area contributed by atoms with Crippen LogP contribution in [0, 0.1) is 6.92 Å². The van der Waals surface area contributed by atoms with Crippen LogP contribution in [0.3, 0.4) is 0 Å². The second-order valence-electron chi connectivity index (χ2n) is 4.01. The van der Waals surface area contributed by atoms with Gasteiger partial charge in [-0.05, 0) is 25.1 Å². The predicted molar refractivity (Wildman–Crippen MR) is 65.3 cm³/mol. The van der Waals surface area contributed by atoms with Crippen molar-refractivity contribution in [2.45, 2.75) is 13.0 Å². The second-order valence-corrected chi connectivity index (χ2v) is 4.01. The fraction of sp³-hybridized carbons (Fsp3) is 0.308. The van der Waals surface area contributed by atoms with Gasteiger partial charge in [0, 0.05) is 7.05 Å². The van der Waals surface area contributed by atoms with Gasteiger partial charge in [-0.15, -0.1) is 0 Å². The number of rotatable bonds is 3. The molecule has 1 N–H and O–H groups in total. The first kappa shape index (κ1) is 10.9. The molecule has 0 amide bonds. The molecule has 0 aliphatic rings. The minimum Gasteiger partial charge on any atom is -0.336 e. The van der Waals surface area contributed by atoms with E-state index >= 15 is 0 Å². The van der Waals surface area contributed by atoms with E-state index in [1.165, 1.54) is 16.8 Å². The van der Waals surface area contributed by atoms with Crippen molar-refractivity contribution in [3.63, 3.8) is 0 Å². The fourth-order valence-electron chi connectivity index (χ4n) is 2.02. The highest BCUT2D eigenvalue weighted by molar-refractivity contribution is 5.33. The molecule has 1 heterocycles. The number of imidazole rings is 1. The van der Waals surface area contributed by atoms with Crippen LogP contribution < -0.4 is 5.32 Å². The Hall–Kier alpha value is -1.61. The zero-order valence-electron chi connectivity index (χ0n) is 9.94. The van der Waals surface area contributed by atoms with E-state index in [2.05, 4.69) is 41.5 Å². The van der Waals surface area contributed by atoms with Crippen molar-refractivity contribution in [3.05, 3.63) is 53.6 Å². The lowest BCUT2D eigenvalue weighted by molar-refractivity contribution is 0.635. The molecule has 0 radical (unpaired) electrons. The Kier molecular flexibility index (Phi) is 3.06. The molecule has 2 aromatic rings. The van der Waals surface area contributed by atoms with Crippen LogP contribution >= 0.6 is 0 Å².